The molecule has 1 aromatic carbocycles. The number of benzene rings is 1. The second-order valence-electron chi connectivity index (χ2n) is 5.61. The van der Waals surface area contributed by atoms with Crippen molar-refractivity contribution in [3.63, 3.8) is 0 Å². The first kappa shape index (κ1) is 20.1. The molecule has 1 amide bonds. The smallest absolute Gasteiger partial charge is 0.321 e. The molecule has 1 rings (SSSR count). The third-order valence-corrected chi connectivity index (χ3v) is 5.28. The SMILES string of the molecule is CC[C@@H](C)NC(=O)COC(=O)CN(C)S(=O)(=O)c1ccc(C)cc1. The van der Waals surface area contributed by atoms with Crippen LogP contribution in [0.1, 0.15) is 25.8 Å². The molecule has 7 nitrogen and oxygen atoms in total. The first-order valence-electron chi connectivity index (χ1n) is 7.64. The van der Waals surface area contributed by atoms with E-state index in [9.17, 15) is 18.0 Å². The van der Waals surface area contributed by atoms with Crippen LogP contribution in [0, 0.1) is 6.92 Å². The molecule has 0 heterocycles. The van der Waals surface area contributed by atoms with Crippen molar-refractivity contribution in [1.29, 1.82) is 0 Å². The minimum atomic E-state index is -3.78. The molecular formula is C16H24N2O5S. The van der Waals surface area contributed by atoms with Crippen LogP contribution in [0.5, 0.6) is 0 Å². The van der Waals surface area contributed by atoms with Crippen LogP contribution in [0.15, 0.2) is 29.2 Å². The van der Waals surface area contributed by atoms with Gasteiger partial charge in [0.25, 0.3) is 5.91 Å². The topological polar surface area (TPSA) is 92.8 Å². The number of carbonyl (C=O) groups is 2. The third-order valence-electron chi connectivity index (χ3n) is 3.46. The fraction of sp³-hybridized carbons (Fsp3) is 0.500. The number of sulfonamides is 1. The highest BCUT2D eigenvalue weighted by atomic mass is 32.2. The van der Waals surface area contributed by atoms with Gasteiger partial charge in [-0.1, -0.05) is 24.6 Å². The van der Waals surface area contributed by atoms with Gasteiger partial charge in [-0.3, -0.25) is 9.59 Å². The summed E-state index contributed by atoms with van der Waals surface area (Å²) < 4.78 is 30.4. The lowest BCUT2D eigenvalue weighted by Gasteiger charge is -2.17. The Labute approximate surface area is 143 Å². The Balaban J connectivity index is 2.57. The van der Waals surface area contributed by atoms with Crippen molar-refractivity contribution >= 4 is 21.9 Å². The number of hydrogen-bond acceptors (Lipinski definition) is 5. The predicted molar refractivity (Wildman–Crippen MR) is 89.8 cm³/mol. The molecule has 0 aliphatic rings. The van der Waals surface area contributed by atoms with Crippen LogP contribution in [0.2, 0.25) is 0 Å². The van der Waals surface area contributed by atoms with E-state index in [1.807, 2.05) is 20.8 Å². The Morgan fingerprint density at radius 3 is 2.38 bits per heavy atom. The molecule has 134 valence electrons. The van der Waals surface area contributed by atoms with Crippen molar-refractivity contribution < 1.29 is 22.7 Å². The highest BCUT2D eigenvalue weighted by Gasteiger charge is 2.23. The first-order valence-corrected chi connectivity index (χ1v) is 9.08. The Morgan fingerprint density at radius 2 is 1.83 bits per heavy atom. The van der Waals surface area contributed by atoms with Crippen LogP contribution in [0.25, 0.3) is 0 Å². The standard InChI is InChI=1S/C16H24N2O5S/c1-5-13(3)17-15(19)11-23-16(20)10-18(4)24(21,22)14-8-6-12(2)7-9-14/h6-9,13H,5,10-11H2,1-4H3,(H,17,19)/t13-/m1/s1. The summed E-state index contributed by atoms with van der Waals surface area (Å²) in [6.07, 6.45) is 0.761. The predicted octanol–water partition coefficient (Wildman–Crippen LogP) is 1.07. The zero-order valence-corrected chi connectivity index (χ0v) is 15.2. The number of nitrogens with zero attached hydrogens (tertiary/aromatic N) is 1. The number of ether oxygens (including phenoxy) is 1. The van der Waals surface area contributed by atoms with E-state index in [2.05, 4.69) is 5.32 Å². The van der Waals surface area contributed by atoms with Gasteiger partial charge in [-0.2, -0.15) is 4.31 Å². The summed E-state index contributed by atoms with van der Waals surface area (Å²) in [6.45, 7) is 4.71. The summed E-state index contributed by atoms with van der Waals surface area (Å²) in [5.41, 5.74) is 0.934. The average Bonchev–Trinajstić information content (AvgIpc) is 2.53. The van der Waals surface area contributed by atoms with Gasteiger partial charge in [0.15, 0.2) is 6.61 Å². The van der Waals surface area contributed by atoms with E-state index in [1.165, 1.54) is 19.2 Å². The molecule has 8 heteroatoms. The zero-order valence-electron chi connectivity index (χ0n) is 14.4. The van der Waals surface area contributed by atoms with Gasteiger partial charge in [0.2, 0.25) is 10.0 Å². The molecule has 0 spiro atoms. The number of nitrogens with one attached hydrogen (secondary N) is 1. The molecule has 0 aliphatic carbocycles. The van der Waals surface area contributed by atoms with Crippen LogP contribution in [-0.4, -0.2) is 50.8 Å². The molecule has 1 N–H and O–H groups in total. The molecule has 0 radical (unpaired) electrons. The molecule has 1 aromatic rings. The van der Waals surface area contributed by atoms with Crippen molar-refractivity contribution in [1.82, 2.24) is 9.62 Å². The van der Waals surface area contributed by atoms with Gasteiger partial charge in [0.1, 0.15) is 6.54 Å². The van der Waals surface area contributed by atoms with Crippen LogP contribution < -0.4 is 5.32 Å². The molecular weight excluding hydrogens is 332 g/mol. The number of likely N-dealkylation sites (N-methyl/N-ethyl adjacent to an activating group) is 1. The van der Waals surface area contributed by atoms with Crippen LogP contribution in [-0.2, 0) is 24.3 Å². The van der Waals surface area contributed by atoms with E-state index in [1.54, 1.807) is 12.1 Å². The number of esters is 1. The molecule has 1 atom stereocenters. The highest BCUT2D eigenvalue weighted by molar-refractivity contribution is 7.89. The normalized spacial score (nSPS) is 12.7. The van der Waals surface area contributed by atoms with Crippen molar-refractivity contribution in [3.8, 4) is 0 Å². The van der Waals surface area contributed by atoms with E-state index in [0.717, 1.165) is 16.3 Å². The number of hydrogen-bond donors (Lipinski definition) is 1. The second kappa shape index (κ2) is 8.79. The quantitative estimate of drug-likeness (QED) is 0.704. The molecule has 0 unspecified atom stereocenters. The molecule has 0 aliphatic heterocycles. The summed E-state index contributed by atoms with van der Waals surface area (Å²) in [7, 11) is -2.49. The maximum atomic E-state index is 12.3. The molecule has 0 saturated heterocycles. The van der Waals surface area contributed by atoms with Crippen molar-refractivity contribution in [2.24, 2.45) is 0 Å². The lowest BCUT2D eigenvalue weighted by molar-refractivity contribution is -0.148. The minimum absolute atomic E-state index is 0.0132. The van der Waals surface area contributed by atoms with Crippen LogP contribution >= 0.6 is 0 Å². The first-order chi connectivity index (χ1) is 11.2. The summed E-state index contributed by atoms with van der Waals surface area (Å²) in [5.74, 6) is -1.20. The van der Waals surface area contributed by atoms with E-state index >= 15 is 0 Å². The van der Waals surface area contributed by atoms with E-state index in [4.69, 9.17) is 4.74 Å². The maximum Gasteiger partial charge on any atom is 0.321 e. The third kappa shape index (κ3) is 5.93. The molecule has 0 saturated carbocycles. The summed E-state index contributed by atoms with van der Waals surface area (Å²) in [4.78, 5) is 23.4. The Hall–Kier alpha value is -1.93. The summed E-state index contributed by atoms with van der Waals surface area (Å²) >= 11 is 0. The van der Waals surface area contributed by atoms with Crippen LogP contribution in [0.3, 0.4) is 0 Å². The number of carbonyl (C=O) groups excluding carboxylic acids is 2. The maximum absolute atomic E-state index is 12.3. The zero-order chi connectivity index (χ0) is 18.3. The van der Waals surface area contributed by atoms with E-state index < -0.39 is 35.1 Å². The average molecular weight is 356 g/mol. The van der Waals surface area contributed by atoms with Gasteiger partial charge >= 0.3 is 5.97 Å². The van der Waals surface area contributed by atoms with Gasteiger partial charge in [-0.05, 0) is 32.4 Å². The van der Waals surface area contributed by atoms with Gasteiger partial charge in [0, 0.05) is 13.1 Å². The van der Waals surface area contributed by atoms with Gasteiger partial charge in [-0.25, -0.2) is 8.42 Å². The fourth-order valence-electron chi connectivity index (χ4n) is 1.77. The summed E-state index contributed by atoms with van der Waals surface area (Å²) in [6, 6.07) is 6.30. The molecule has 0 fully saturated rings. The Kier molecular flexibility index (Phi) is 7.37. The lowest BCUT2D eigenvalue weighted by atomic mass is 10.2. The van der Waals surface area contributed by atoms with Gasteiger partial charge in [0.05, 0.1) is 4.90 Å². The number of rotatable bonds is 8. The summed E-state index contributed by atoms with van der Waals surface area (Å²) in [5, 5.41) is 2.65. The van der Waals surface area contributed by atoms with Crippen molar-refractivity contribution in [2.45, 2.75) is 38.1 Å². The van der Waals surface area contributed by atoms with Crippen LogP contribution in [0.4, 0.5) is 0 Å². The highest BCUT2D eigenvalue weighted by Crippen LogP contribution is 2.14. The van der Waals surface area contributed by atoms with E-state index in [0.29, 0.717) is 0 Å². The monoisotopic (exact) mass is 356 g/mol. The Morgan fingerprint density at radius 1 is 1.25 bits per heavy atom. The molecule has 0 aromatic heterocycles. The number of amides is 1. The van der Waals surface area contributed by atoms with Gasteiger partial charge in [-0.15, -0.1) is 0 Å². The largest absolute Gasteiger partial charge is 0.455 e. The molecule has 24 heavy (non-hydrogen) atoms. The van der Waals surface area contributed by atoms with Crippen molar-refractivity contribution in [3.05, 3.63) is 29.8 Å². The number of aryl methyl sites for hydroxylation is 1. The molecule has 0 bridgehead atoms. The second-order valence-corrected chi connectivity index (χ2v) is 7.66. The minimum Gasteiger partial charge on any atom is -0.455 e. The lowest BCUT2D eigenvalue weighted by Crippen LogP contribution is -2.37. The van der Waals surface area contributed by atoms with Gasteiger partial charge < -0.3 is 10.1 Å². The Bertz CT molecular complexity index is 670. The fourth-order valence-corrected chi connectivity index (χ4v) is 2.88. The van der Waals surface area contributed by atoms with Crippen molar-refractivity contribution in [2.75, 3.05) is 20.2 Å². The van der Waals surface area contributed by atoms with E-state index in [-0.39, 0.29) is 10.9 Å².